The summed E-state index contributed by atoms with van der Waals surface area (Å²) in [5, 5.41) is 0.348. The Bertz CT molecular complexity index is 911. The van der Waals surface area contributed by atoms with Gasteiger partial charge >= 0.3 is 0 Å². The van der Waals surface area contributed by atoms with E-state index in [9.17, 15) is 9.59 Å². The molecule has 1 saturated heterocycles. The second kappa shape index (κ2) is 9.14. The molecule has 160 valence electrons. The number of pyridine rings is 1. The summed E-state index contributed by atoms with van der Waals surface area (Å²) in [7, 11) is 0. The van der Waals surface area contributed by atoms with Gasteiger partial charge in [-0.25, -0.2) is 4.98 Å². The third-order valence-electron chi connectivity index (χ3n) is 5.79. The Balaban J connectivity index is 1.49. The molecule has 0 radical (unpaired) electrons. The lowest BCUT2D eigenvalue weighted by Gasteiger charge is -2.32. The molecule has 0 aromatic carbocycles. The number of rotatable bonds is 5. The van der Waals surface area contributed by atoms with Gasteiger partial charge in [-0.15, -0.1) is 0 Å². The fourth-order valence-corrected chi connectivity index (χ4v) is 4.31. The minimum absolute atomic E-state index is 0.00721. The molecule has 2 aromatic rings. The highest BCUT2D eigenvalue weighted by Crippen LogP contribution is 2.26. The molecule has 2 aliphatic rings. The summed E-state index contributed by atoms with van der Waals surface area (Å²) in [5.74, 6) is 0.607. The lowest BCUT2D eigenvalue weighted by molar-refractivity contribution is -0.140. The lowest BCUT2D eigenvalue weighted by atomic mass is 9.98. The minimum atomic E-state index is -0.205. The summed E-state index contributed by atoms with van der Waals surface area (Å²) >= 11 is 6.54. The first kappa shape index (κ1) is 20.8. The number of amides is 2. The topological polar surface area (TPSA) is 80.6 Å². The van der Waals surface area contributed by atoms with Crippen molar-refractivity contribution in [2.75, 3.05) is 26.3 Å². The van der Waals surface area contributed by atoms with E-state index in [1.165, 1.54) is 0 Å². The molecule has 2 amide bonds. The van der Waals surface area contributed by atoms with Gasteiger partial charge in [0.15, 0.2) is 5.69 Å². The molecule has 30 heavy (non-hydrogen) atoms. The maximum Gasteiger partial charge on any atom is 0.275 e. The average Bonchev–Trinajstić information content (AvgIpc) is 3.13. The molecule has 0 bridgehead atoms. The highest BCUT2D eigenvalue weighted by molar-refractivity contribution is 6.32. The van der Waals surface area contributed by atoms with Gasteiger partial charge in [-0.2, -0.15) is 0 Å². The molecule has 0 spiro atoms. The molecular formula is C21H26ClN5O3. The van der Waals surface area contributed by atoms with E-state index >= 15 is 0 Å². The number of carbonyl (C=O) groups is 2. The van der Waals surface area contributed by atoms with Crippen molar-refractivity contribution in [1.29, 1.82) is 0 Å². The van der Waals surface area contributed by atoms with Crippen molar-refractivity contribution in [3.63, 3.8) is 0 Å². The SMILES string of the molecule is CCN(Cc1ccncc1)C(=O)c1nc2n(c1Cl)CCN(C(=O)C1CCOCC1)C2. The summed E-state index contributed by atoms with van der Waals surface area (Å²) in [5.41, 5.74) is 1.25. The quantitative estimate of drug-likeness (QED) is 0.726. The summed E-state index contributed by atoms with van der Waals surface area (Å²) in [6.07, 6.45) is 4.93. The Morgan fingerprint density at radius 3 is 2.67 bits per heavy atom. The van der Waals surface area contributed by atoms with E-state index in [-0.39, 0.29) is 23.4 Å². The monoisotopic (exact) mass is 431 g/mol. The number of imidazole rings is 1. The maximum atomic E-state index is 13.1. The van der Waals surface area contributed by atoms with Crippen LogP contribution in [0.15, 0.2) is 24.5 Å². The van der Waals surface area contributed by atoms with Gasteiger partial charge in [-0.05, 0) is 37.5 Å². The second-order valence-electron chi connectivity index (χ2n) is 7.64. The van der Waals surface area contributed by atoms with Crippen molar-refractivity contribution in [1.82, 2.24) is 24.3 Å². The highest BCUT2D eigenvalue weighted by atomic mass is 35.5. The van der Waals surface area contributed by atoms with Crippen LogP contribution < -0.4 is 0 Å². The van der Waals surface area contributed by atoms with Gasteiger partial charge in [-0.1, -0.05) is 11.6 Å². The van der Waals surface area contributed by atoms with E-state index in [1.54, 1.807) is 17.3 Å². The van der Waals surface area contributed by atoms with E-state index < -0.39 is 0 Å². The first-order chi connectivity index (χ1) is 14.6. The molecule has 4 heterocycles. The Hall–Kier alpha value is -2.45. The number of ether oxygens (including phenoxy) is 1. The van der Waals surface area contributed by atoms with E-state index in [0.29, 0.717) is 56.9 Å². The first-order valence-corrected chi connectivity index (χ1v) is 10.8. The lowest BCUT2D eigenvalue weighted by Crippen LogP contribution is -2.43. The first-order valence-electron chi connectivity index (χ1n) is 10.4. The number of hydrogen-bond donors (Lipinski definition) is 0. The Morgan fingerprint density at radius 2 is 1.97 bits per heavy atom. The average molecular weight is 432 g/mol. The van der Waals surface area contributed by atoms with Crippen LogP contribution >= 0.6 is 11.6 Å². The Labute approximate surface area is 180 Å². The molecule has 0 aliphatic carbocycles. The second-order valence-corrected chi connectivity index (χ2v) is 8.00. The molecule has 8 nitrogen and oxygen atoms in total. The Morgan fingerprint density at radius 1 is 1.23 bits per heavy atom. The molecular weight excluding hydrogens is 406 g/mol. The number of aromatic nitrogens is 3. The van der Waals surface area contributed by atoms with Gasteiger partial charge in [0, 0.05) is 57.7 Å². The van der Waals surface area contributed by atoms with Crippen molar-refractivity contribution in [2.45, 2.75) is 39.4 Å². The van der Waals surface area contributed by atoms with Crippen LogP contribution in [0.1, 0.15) is 41.6 Å². The zero-order valence-corrected chi connectivity index (χ0v) is 17.8. The van der Waals surface area contributed by atoms with Crippen molar-refractivity contribution in [3.05, 3.63) is 46.8 Å². The zero-order chi connectivity index (χ0) is 21.1. The molecule has 2 aromatic heterocycles. The molecule has 0 saturated carbocycles. The normalized spacial score (nSPS) is 16.9. The number of nitrogens with zero attached hydrogens (tertiary/aromatic N) is 5. The third kappa shape index (κ3) is 4.20. The number of fused-ring (bicyclic) bond motifs is 1. The van der Waals surface area contributed by atoms with Gasteiger partial charge in [-0.3, -0.25) is 14.6 Å². The number of carbonyl (C=O) groups excluding carboxylic acids is 2. The van der Waals surface area contributed by atoms with Crippen LogP contribution in [0.4, 0.5) is 0 Å². The van der Waals surface area contributed by atoms with Gasteiger partial charge in [0.1, 0.15) is 11.0 Å². The van der Waals surface area contributed by atoms with Crippen LogP contribution in [0.2, 0.25) is 5.15 Å². The van der Waals surface area contributed by atoms with Crippen molar-refractivity contribution >= 4 is 23.4 Å². The van der Waals surface area contributed by atoms with E-state index in [2.05, 4.69) is 9.97 Å². The summed E-state index contributed by atoms with van der Waals surface area (Å²) in [6.45, 7) is 5.68. The molecule has 1 fully saturated rings. The van der Waals surface area contributed by atoms with Gasteiger partial charge in [0.2, 0.25) is 5.91 Å². The van der Waals surface area contributed by atoms with Crippen molar-refractivity contribution in [3.8, 4) is 0 Å². The summed E-state index contributed by atoms with van der Waals surface area (Å²) < 4.78 is 7.21. The number of halogens is 1. The van der Waals surface area contributed by atoms with E-state index in [1.807, 2.05) is 28.5 Å². The number of hydrogen-bond acceptors (Lipinski definition) is 5. The standard InChI is InChI=1S/C21H26ClN5O3/c1-2-25(13-15-3-7-23-8-4-15)21(29)18-19(22)27-10-9-26(14-17(27)24-18)20(28)16-5-11-30-12-6-16/h3-4,7-8,16H,2,5-6,9-14H2,1H3. The molecule has 0 atom stereocenters. The fourth-order valence-electron chi connectivity index (χ4n) is 4.01. The molecule has 9 heteroatoms. The Kier molecular flexibility index (Phi) is 6.34. The molecule has 0 unspecified atom stereocenters. The van der Waals surface area contributed by atoms with Crippen LogP contribution in [0.5, 0.6) is 0 Å². The fraction of sp³-hybridized carbons (Fsp3) is 0.524. The van der Waals surface area contributed by atoms with Gasteiger partial charge in [0.05, 0.1) is 6.54 Å². The molecule has 4 rings (SSSR count). The van der Waals surface area contributed by atoms with Crippen LogP contribution in [0.25, 0.3) is 0 Å². The van der Waals surface area contributed by atoms with E-state index in [4.69, 9.17) is 16.3 Å². The third-order valence-corrected chi connectivity index (χ3v) is 6.17. The van der Waals surface area contributed by atoms with Crippen molar-refractivity contribution in [2.24, 2.45) is 5.92 Å². The maximum absolute atomic E-state index is 13.1. The minimum Gasteiger partial charge on any atom is -0.381 e. The highest BCUT2D eigenvalue weighted by Gasteiger charge is 2.32. The summed E-state index contributed by atoms with van der Waals surface area (Å²) in [4.78, 5) is 38.1. The smallest absolute Gasteiger partial charge is 0.275 e. The molecule has 0 N–H and O–H groups in total. The van der Waals surface area contributed by atoms with Gasteiger partial charge in [0.25, 0.3) is 5.91 Å². The van der Waals surface area contributed by atoms with Gasteiger partial charge < -0.3 is 19.1 Å². The van der Waals surface area contributed by atoms with Crippen LogP contribution in [0, 0.1) is 5.92 Å². The molecule has 2 aliphatic heterocycles. The van der Waals surface area contributed by atoms with Crippen molar-refractivity contribution < 1.29 is 14.3 Å². The predicted molar refractivity (Wildman–Crippen MR) is 111 cm³/mol. The predicted octanol–water partition coefficient (Wildman–Crippen LogP) is 2.36. The van der Waals surface area contributed by atoms with Crippen LogP contribution in [-0.2, 0) is 29.2 Å². The van der Waals surface area contributed by atoms with Crippen LogP contribution in [0.3, 0.4) is 0 Å². The largest absolute Gasteiger partial charge is 0.381 e. The zero-order valence-electron chi connectivity index (χ0n) is 17.1. The summed E-state index contributed by atoms with van der Waals surface area (Å²) in [6, 6.07) is 3.77. The van der Waals surface area contributed by atoms with Crippen LogP contribution in [-0.4, -0.2) is 62.5 Å². The van der Waals surface area contributed by atoms with E-state index in [0.717, 1.165) is 18.4 Å².